The fraction of sp³-hybridized carbons (Fsp3) is 0.200. The fourth-order valence-corrected chi connectivity index (χ4v) is 2.89. The molecule has 2 aromatic rings. The number of hydrogen-bond acceptors (Lipinski definition) is 4. The molecule has 1 amide bonds. The quantitative estimate of drug-likeness (QED) is 0.618. The second kappa shape index (κ2) is 8.29. The van der Waals surface area contributed by atoms with E-state index in [0.29, 0.717) is 13.0 Å². The van der Waals surface area contributed by atoms with E-state index >= 15 is 0 Å². The number of carbonyl (C=O) groups is 2. The van der Waals surface area contributed by atoms with Crippen LogP contribution in [-0.4, -0.2) is 25.0 Å². The van der Waals surface area contributed by atoms with E-state index in [1.807, 2.05) is 17.5 Å². The summed E-state index contributed by atoms with van der Waals surface area (Å²) in [6, 6.07) is 5.88. The standard InChI is InChI=1S/C15H12Cl2FNO3S/c16-11-7-12(17)13(18)6-10(11)15(21)22-8-14(20)19-4-3-9-2-1-5-23-9/h1-2,5-7H,3-4,8H2,(H,19,20). The summed E-state index contributed by atoms with van der Waals surface area (Å²) < 4.78 is 18.2. The Hall–Kier alpha value is -1.63. The highest BCUT2D eigenvalue weighted by Gasteiger charge is 2.16. The number of rotatable bonds is 6. The van der Waals surface area contributed by atoms with Crippen LogP contribution in [0.2, 0.25) is 10.0 Å². The van der Waals surface area contributed by atoms with Crippen molar-refractivity contribution in [1.29, 1.82) is 0 Å². The van der Waals surface area contributed by atoms with E-state index in [1.165, 1.54) is 0 Å². The Morgan fingerprint density at radius 3 is 2.74 bits per heavy atom. The predicted octanol–water partition coefficient (Wildman–Crippen LogP) is 3.71. The molecule has 1 N–H and O–H groups in total. The third-order valence-corrected chi connectivity index (χ3v) is 4.38. The summed E-state index contributed by atoms with van der Waals surface area (Å²) in [6.45, 7) is -0.0307. The Kier molecular flexibility index (Phi) is 6.38. The second-order valence-corrected chi connectivity index (χ2v) is 6.35. The summed E-state index contributed by atoms with van der Waals surface area (Å²) in [5, 5.41) is 4.34. The van der Waals surface area contributed by atoms with E-state index in [1.54, 1.807) is 11.3 Å². The van der Waals surface area contributed by atoms with E-state index in [9.17, 15) is 14.0 Å². The number of benzene rings is 1. The highest BCUT2D eigenvalue weighted by molar-refractivity contribution is 7.09. The van der Waals surface area contributed by atoms with Crippen LogP contribution in [0.1, 0.15) is 15.2 Å². The molecule has 0 aliphatic heterocycles. The lowest BCUT2D eigenvalue weighted by Crippen LogP contribution is -2.30. The molecule has 4 nitrogen and oxygen atoms in total. The van der Waals surface area contributed by atoms with Gasteiger partial charge in [-0.15, -0.1) is 11.3 Å². The van der Waals surface area contributed by atoms with Crippen molar-refractivity contribution < 1.29 is 18.7 Å². The van der Waals surface area contributed by atoms with Gasteiger partial charge in [0.2, 0.25) is 0 Å². The van der Waals surface area contributed by atoms with Gasteiger partial charge in [0.1, 0.15) is 5.82 Å². The molecule has 1 heterocycles. The van der Waals surface area contributed by atoms with Gasteiger partial charge >= 0.3 is 5.97 Å². The zero-order valence-corrected chi connectivity index (χ0v) is 14.1. The lowest BCUT2D eigenvalue weighted by Gasteiger charge is -2.08. The minimum atomic E-state index is -0.890. The van der Waals surface area contributed by atoms with Crippen molar-refractivity contribution in [2.75, 3.05) is 13.2 Å². The third kappa shape index (κ3) is 5.20. The molecule has 2 rings (SSSR count). The van der Waals surface area contributed by atoms with E-state index in [-0.39, 0.29) is 15.6 Å². The van der Waals surface area contributed by atoms with Crippen LogP contribution in [0, 0.1) is 5.82 Å². The van der Waals surface area contributed by atoms with Gasteiger partial charge in [0.15, 0.2) is 6.61 Å². The van der Waals surface area contributed by atoms with Gasteiger partial charge in [-0.2, -0.15) is 0 Å². The van der Waals surface area contributed by atoms with Crippen molar-refractivity contribution in [1.82, 2.24) is 5.32 Å². The summed E-state index contributed by atoms with van der Waals surface area (Å²) in [5.74, 6) is -2.12. The first-order chi connectivity index (χ1) is 11.0. The SMILES string of the molecule is O=C(COC(=O)c1cc(F)c(Cl)cc1Cl)NCCc1cccs1. The van der Waals surface area contributed by atoms with E-state index < -0.39 is 24.3 Å². The highest BCUT2D eigenvalue weighted by atomic mass is 35.5. The normalized spacial score (nSPS) is 10.4. The molecule has 0 aliphatic rings. The zero-order chi connectivity index (χ0) is 16.8. The zero-order valence-electron chi connectivity index (χ0n) is 11.8. The molecule has 0 saturated carbocycles. The first-order valence-electron chi connectivity index (χ1n) is 6.58. The Labute approximate surface area is 146 Å². The van der Waals surface area contributed by atoms with Gasteiger partial charge in [-0.25, -0.2) is 9.18 Å². The number of thiophene rings is 1. The van der Waals surface area contributed by atoms with Gasteiger partial charge < -0.3 is 10.1 Å². The van der Waals surface area contributed by atoms with Crippen LogP contribution >= 0.6 is 34.5 Å². The molecule has 0 spiro atoms. The van der Waals surface area contributed by atoms with E-state index in [0.717, 1.165) is 17.0 Å². The van der Waals surface area contributed by atoms with Crippen LogP contribution in [0.15, 0.2) is 29.6 Å². The average molecular weight is 376 g/mol. The van der Waals surface area contributed by atoms with Crippen LogP contribution in [0.25, 0.3) is 0 Å². The molecule has 0 saturated heterocycles. The van der Waals surface area contributed by atoms with Gasteiger partial charge in [-0.3, -0.25) is 4.79 Å². The molecule has 0 aliphatic carbocycles. The van der Waals surface area contributed by atoms with Gasteiger partial charge in [0, 0.05) is 11.4 Å². The first kappa shape index (κ1) is 17.7. The number of halogens is 3. The first-order valence-corrected chi connectivity index (χ1v) is 8.21. The molecule has 0 atom stereocenters. The molecule has 23 heavy (non-hydrogen) atoms. The molecule has 0 radical (unpaired) electrons. The summed E-state index contributed by atoms with van der Waals surface area (Å²) in [5.41, 5.74) is -0.181. The monoisotopic (exact) mass is 375 g/mol. The van der Waals surface area contributed by atoms with Gasteiger partial charge in [0.05, 0.1) is 15.6 Å². The van der Waals surface area contributed by atoms with Gasteiger partial charge in [-0.1, -0.05) is 29.3 Å². The number of nitrogens with one attached hydrogen (secondary N) is 1. The summed E-state index contributed by atoms with van der Waals surface area (Å²) in [7, 11) is 0. The number of esters is 1. The van der Waals surface area contributed by atoms with Crippen molar-refractivity contribution in [2.24, 2.45) is 0 Å². The smallest absolute Gasteiger partial charge is 0.340 e. The van der Waals surface area contributed by atoms with Gasteiger partial charge in [-0.05, 0) is 30.0 Å². The second-order valence-electron chi connectivity index (χ2n) is 4.50. The Bertz CT molecular complexity index is 707. The molecular weight excluding hydrogens is 364 g/mol. The van der Waals surface area contributed by atoms with Crippen LogP contribution in [-0.2, 0) is 16.0 Å². The Balaban J connectivity index is 1.79. The van der Waals surface area contributed by atoms with Crippen molar-refractivity contribution in [3.63, 3.8) is 0 Å². The van der Waals surface area contributed by atoms with Crippen LogP contribution in [0.4, 0.5) is 4.39 Å². The van der Waals surface area contributed by atoms with E-state index in [4.69, 9.17) is 27.9 Å². The van der Waals surface area contributed by atoms with Crippen molar-refractivity contribution in [3.05, 3.63) is 55.9 Å². The maximum atomic E-state index is 13.3. The third-order valence-electron chi connectivity index (χ3n) is 2.84. The van der Waals surface area contributed by atoms with Crippen molar-refractivity contribution in [3.8, 4) is 0 Å². The predicted molar refractivity (Wildman–Crippen MR) is 87.7 cm³/mol. The molecule has 8 heteroatoms. The minimum Gasteiger partial charge on any atom is -0.452 e. The largest absolute Gasteiger partial charge is 0.452 e. The summed E-state index contributed by atoms with van der Waals surface area (Å²) >= 11 is 12.9. The Morgan fingerprint density at radius 2 is 2.04 bits per heavy atom. The van der Waals surface area contributed by atoms with Crippen LogP contribution in [0.3, 0.4) is 0 Å². The van der Waals surface area contributed by atoms with Crippen LogP contribution < -0.4 is 5.32 Å². The highest BCUT2D eigenvalue weighted by Crippen LogP contribution is 2.24. The molecular formula is C15H12Cl2FNO3S. The topological polar surface area (TPSA) is 55.4 Å². The molecule has 1 aromatic carbocycles. The molecule has 122 valence electrons. The lowest BCUT2D eigenvalue weighted by molar-refractivity contribution is -0.124. The number of ether oxygens (including phenoxy) is 1. The van der Waals surface area contributed by atoms with Crippen LogP contribution in [0.5, 0.6) is 0 Å². The number of amides is 1. The maximum absolute atomic E-state index is 13.3. The molecule has 1 aromatic heterocycles. The van der Waals surface area contributed by atoms with Crippen molar-refractivity contribution >= 4 is 46.4 Å². The van der Waals surface area contributed by atoms with Crippen molar-refractivity contribution in [2.45, 2.75) is 6.42 Å². The molecule has 0 bridgehead atoms. The number of hydrogen-bond donors (Lipinski definition) is 1. The molecule has 0 unspecified atom stereocenters. The Morgan fingerprint density at radius 1 is 1.26 bits per heavy atom. The van der Waals surface area contributed by atoms with E-state index in [2.05, 4.69) is 5.32 Å². The molecule has 0 fully saturated rings. The summed E-state index contributed by atoms with van der Waals surface area (Å²) in [4.78, 5) is 24.5. The minimum absolute atomic E-state index is 0.0421. The average Bonchev–Trinajstić information content (AvgIpc) is 3.02. The fourth-order valence-electron chi connectivity index (χ4n) is 1.72. The lowest BCUT2D eigenvalue weighted by atomic mass is 10.2. The maximum Gasteiger partial charge on any atom is 0.340 e. The van der Waals surface area contributed by atoms with Gasteiger partial charge in [0.25, 0.3) is 5.91 Å². The number of carbonyl (C=O) groups excluding carboxylic acids is 2. The summed E-state index contributed by atoms with van der Waals surface area (Å²) in [6.07, 6.45) is 0.700.